The van der Waals surface area contributed by atoms with Crippen molar-refractivity contribution in [3.63, 3.8) is 0 Å². The molecule has 0 saturated carbocycles. The first-order valence-electron chi connectivity index (χ1n) is 10.7. The monoisotopic (exact) mass is 472 g/mol. The summed E-state index contributed by atoms with van der Waals surface area (Å²) in [6.07, 6.45) is 4.97. The Labute approximate surface area is 200 Å². The molecule has 4 rings (SSSR count). The lowest BCUT2D eigenvalue weighted by Gasteiger charge is -2.14. The van der Waals surface area contributed by atoms with Crippen molar-refractivity contribution in [2.45, 2.75) is 13.0 Å². The fourth-order valence-corrected chi connectivity index (χ4v) is 3.66. The van der Waals surface area contributed by atoms with Gasteiger partial charge in [0, 0.05) is 34.6 Å². The van der Waals surface area contributed by atoms with Crippen LogP contribution in [0.15, 0.2) is 72.1 Å². The molecule has 0 bridgehead atoms. The van der Waals surface area contributed by atoms with Gasteiger partial charge in [0.05, 0.1) is 18.8 Å². The molecule has 1 aliphatic rings. The van der Waals surface area contributed by atoms with E-state index in [4.69, 9.17) is 10.3 Å². The van der Waals surface area contributed by atoms with Crippen LogP contribution < -0.4 is 10.2 Å². The zero-order chi connectivity index (χ0) is 24.8. The smallest absolute Gasteiger partial charge is 0.414 e. The van der Waals surface area contributed by atoms with E-state index < -0.39 is 18.0 Å². The summed E-state index contributed by atoms with van der Waals surface area (Å²) in [4.78, 5) is 32.6. The molecule has 2 aromatic carbocycles. The van der Waals surface area contributed by atoms with E-state index in [9.17, 15) is 14.0 Å². The van der Waals surface area contributed by atoms with Crippen LogP contribution in [0.5, 0.6) is 0 Å². The van der Waals surface area contributed by atoms with Crippen molar-refractivity contribution in [2.24, 2.45) is 5.11 Å². The minimum atomic E-state index is -0.605. The summed E-state index contributed by atoms with van der Waals surface area (Å²) < 4.78 is 20.0. The SMILES string of the molecule is Cc1cc(/C=C/C(=O)NCC2CN(c3ccc(-c4ccncc4)c(F)c3)C(=O)O2)ccc1N=[N+]=[N-]. The molecule has 1 N–H and O–H groups in total. The van der Waals surface area contributed by atoms with Crippen LogP contribution in [0, 0.1) is 12.7 Å². The molecule has 2 amide bonds. The molecule has 35 heavy (non-hydrogen) atoms. The van der Waals surface area contributed by atoms with Crippen LogP contribution in [0.3, 0.4) is 0 Å². The molecule has 1 atom stereocenters. The van der Waals surface area contributed by atoms with Crippen LogP contribution in [0.4, 0.5) is 20.6 Å². The Kier molecular flexibility index (Phi) is 7.04. The van der Waals surface area contributed by atoms with Gasteiger partial charge in [0.2, 0.25) is 5.91 Å². The minimum absolute atomic E-state index is 0.109. The molecule has 1 fully saturated rings. The number of nitrogens with zero attached hydrogens (tertiary/aromatic N) is 5. The molecule has 1 unspecified atom stereocenters. The Morgan fingerprint density at radius 1 is 1.29 bits per heavy atom. The fraction of sp³-hybridized carbons (Fsp3) is 0.160. The maximum atomic E-state index is 14.7. The average Bonchev–Trinajstić information content (AvgIpc) is 3.24. The van der Waals surface area contributed by atoms with E-state index in [-0.39, 0.29) is 19.0 Å². The molecule has 3 aromatic rings. The number of aromatic nitrogens is 1. The molecule has 176 valence electrons. The van der Waals surface area contributed by atoms with Crippen molar-refractivity contribution < 1.29 is 18.7 Å². The summed E-state index contributed by atoms with van der Waals surface area (Å²) in [7, 11) is 0. The first-order chi connectivity index (χ1) is 16.9. The number of pyridine rings is 1. The maximum absolute atomic E-state index is 14.7. The average molecular weight is 472 g/mol. The predicted octanol–water partition coefficient (Wildman–Crippen LogP) is 5.29. The minimum Gasteiger partial charge on any atom is -0.442 e. The Morgan fingerprint density at radius 3 is 2.80 bits per heavy atom. The van der Waals surface area contributed by atoms with Gasteiger partial charge in [-0.3, -0.25) is 14.7 Å². The van der Waals surface area contributed by atoms with Gasteiger partial charge >= 0.3 is 6.09 Å². The molecule has 0 radical (unpaired) electrons. The number of nitrogens with one attached hydrogen (secondary N) is 1. The second-order valence-electron chi connectivity index (χ2n) is 7.83. The maximum Gasteiger partial charge on any atom is 0.414 e. The quantitative estimate of drug-likeness (QED) is 0.217. The van der Waals surface area contributed by atoms with E-state index in [1.807, 2.05) is 0 Å². The largest absolute Gasteiger partial charge is 0.442 e. The van der Waals surface area contributed by atoms with Crippen LogP contribution in [0.1, 0.15) is 11.1 Å². The number of halogens is 1. The van der Waals surface area contributed by atoms with Crippen LogP contribution in [0.25, 0.3) is 27.6 Å². The molecule has 0 spiro atoms. The van der Waals surface area contributed by atoms with Gasteiger partial charge in [0.15, 0.2) is 0 Å². The first kappa shape index (κ1) is 23.5. The summed E-state index contributed by atoms with van der Waals surface area (Å²) in [5.74, 6) is -0.824. The lowest BCUT2D eigenvalue weighted by Crippen LogP contribution is -2.33. The number of aryl methyl sites for hydroxylation is 1. The zero-order valence-electron chi connectivity index (χ0n) is 18.8. The molecule has 1 aliphatic heterocycles. The van der Waals surface area contributed by atoms with Gasteiger partial charge in [-0.1, -0.05) is 23.3 Å². The number of anilines is 1. The molecule has 1 aromatic heterocycles. The topological polar surface area (TPSA) is 120 Å². The van der Waals surface area contributed by atoms with Crippen molar-refractivity contribution in [3.8, 4) is 11.1 Å². The van der Waals surface area contributed by atoms with Gasteiger partial charge in [-0.25, -0.2) is 9.18 Å². The predicted molar refractivity (Wildman–Crippen MR) is 129 cm³/mol. The van der Waals surface area contributed by atoms with Gasteiger partial charge < -0.3 is 10.1 Å². The van der Waals surface area contributed by atoms with Gasteiger partial charge in [-0.15, -0.1) is 0 Å². The third-order valence-corrected chi connectivity index (χ3v) is 5.43. The van der Waals surface area contributed by atoms with E-state index in [0.717, 1.165) is 11.1 Å². The number of hydrogen-bond acceptors (Lipinski definition) is 5. The third kappa shape index (κ3) is 5.63. The second kappa shape index (κ2) is 10.5. The first-order valence-corrected chi connectivity index (χ1v) is 10.7. The van der Waals surface area contributed by atoms with Gasteiger partial charge in [0.1, 0.15) is 11.9 Å². The van der Waals surface area contributed by atoms with Gasteiger partial charge in [-0.05, 0) is 65.6 Å². The molecule has 9 nitrogen and oxygen atoms in total. The molecular weight excluding hydrogens is 451 g/mol. The van der Waals surface area contributed by atoms with Crippen LogP contribution >= 0.6 is 0 Å². The van der Waals surface area contributed by atoms with Crippen LogP contribution in [-0.2, 0) is 9.53 Å². The van der Waals surface area contributed by atoms with Crippen molar-refractivity contribution in [1.82, 2.24) is 10.3 Å². The highest BCUT2D eigenvalue weighted by Gasteiger charge is 2.32. The Balaban J connectivity index is 1.33. The number of ether oxygens (including phenoxy) is 1. The number of rotatable bonds is 7. The highest BCUT2D eigenvalue weighted by Crippen LogP contribution is 2.28. The molecule has 0 aliphatic carbocycles. The van der Waals surface area contributed by atoms with E-state index in [0.29, 0.717) is 22.5 Å². The third-order valence-electron chi connectivity index (χ3n) is 5.43. The van der Waals surface area contributed by atoms with E-state index in [1.54, 1.807) is 67.9 Å². The molecular formula is C25H21FN6O3. The highest BCUT2D eigenvalue weighted by atomic mass is 19.1. The Hall–Kier alpha value is -4.69. The zero-order valence-corrected chi connectivity index (χ0v) is 18.8. The summed E-state index contributed by atoms with van der Waals surface area (Å²) in [5.41, 5.74) is 12.1. The van der Waals surface area contributed by atoms with Gasteiger partial charge in [0.25, 0.3) is 0 Å². The summed E-state index contributed by atoms with van der Waals surface area (Å²) in [6, 6.07) is 13.2. The van der Waals surface area contributed by atoms with E-state index in [1.165, 1.54) is 17.0 Å². The normalized spacial score (nSPS) is 15.1. The lowest BCUT2D eigenvalue weighted by atomic mass is 10.1. The molecule has 10 heteroatoms. The van der Waals surface area contributed by atoms with Crippen molar-refractivity contribution >= 4 is 29.5 Å². The highest BCUT2D eigenvalue weighted by molar-refractivity contribution is 5.92. The number of carbonyl (C=O) groups is 2. The van der Waals surface area contributed by atoms with Gasteiger partial charge in [-0.2, -0.15) is 0 Å². The summed E-state index contributed by atoms with van der Waals surface area (Å²) in [5, 5.41) is 6.28. The standard InChI is InChI=1S/C25H21FN6O3/c1-16-12-17(2-6-23(16)30-31-27)3-7-24(33)29-14-20-15-32(25(34)35-20)19-4-5-21(22(26)13-19)18-8-10-28-11-9-18/h2-13,20H,14-15H2,1H3,(H,29,33)/b7-3+. The number of amides is 2. The van der Waals surface area contributed by atoms with E-state index in [2.05, 4.69) is 20.3 Å². The number of hydrogen-bond donors (Lipinski definition) is 1. The Morgan fingerprint density at radius 2 is 2.09 bits per heavy atom. The number of azide groups is 1. The van der Waals surface area contributed by atoms with Crippen molar-refractivity contribution in [1.29, 1.82) is 0 Å². The van der Waals surface area contributed by atoms with Crippen LogP contribution in [-0.4, -0.2) is 36.2 Å². The Bertz CT molecular complexity index is 1340. The van der Waals surface area contributed by atoms with Crippen molar-refractivity contribution in [2.75, 3.05) is 18.0 Å². The van der Waals surface area contributed by atoms with Crippen molar-refractivity contribution in [3.05, 3.63) is 94.4 Å². The fourth-order valence-electron chi connectivity index (χ4n) is 3.66. The molecule has 1 saturated heterocycles. The molecule has 2 heterocycles. The van der Waals surface area contributed by atoms with Crippen LogP contribution in [0.2, 0.25) is 0 Å². The number of cyclic esters (lactones) is 1. The second-order valence-corrected chi connectivity index (χ2v) is 7.83. The number of carbonyl (C=O) groups excluding carboxylic acids is 2. The number of benzene rings is 2. The summed E-state index contributed by atoms with van der Waals surface area (Å²) >= 11 is 0. The lowest BCUT2D eigenvalue weighted by molar-refractivity contribution is -0.116. The van der Waals surface area contributed by atoms with E-state index >= 15 is 0 Å². The summed E-state index contributed by atoms with van der Waals surface area (Å²) in [6.45, 7) is 2.09.